The highest BCUT2D eigenvalue weighted by atomic mass is 19.4. The molecule has 0 radical (unpaired) electrons. The average Bonchev–Trinajstić information content (AvgIpc) is 2.43. The van der Waals surface area contributed by atoms with Gasteiger partial charge in [-0.1, -0.05) is 42.5 Å². The minimum atomic E-state index is -5.19. The van der Waals surface area contributed by atoms with Crippen molar-refractivity contribution in [3.63, 3.8) is 0 Å². The van der Waals surface area contributed by atoms with Crippen LogP contribution in [0.1, 0.15) is 5.56 Å². The van der Waals surface area contributed by atoms with Crippen LogP contribution in [0.4, 0.5) is 13.2 Å². The first-order valence-electron chi connectivity index (χ1n) is 5.68. The highest BCUT2D eigenvalue weighted by Crippen LogP contribution is 2.42. The molecule has 0 amide bonds. The molecule has 0 saturated carbocycles. The van der Waals surface area contributed by atoms with E-state index in [2.05, 4.69) is 4.74 Å². The summed E-state index contributed by atoms with van der Waals surface area (Å²) in [6.45, 7) is 0. The first kappa shape index (κ1) is 14.3. The molecular formula is C14H11F3O3. The third-order valence-electron chi connectivity index (χ3n) is 3.07. The van der Waals surface area contributed by atoms with Crippen LogP contribution in [0, 0.1) is 0 Å². The van der Waals surface area contributed by atoms with Crippen molar-refractivity contribution in [1.29, 1.82) is 0 Å². The van der Waals surface area contributed by atoms with Gasteiger partial charge in [-0.15, -0.1) is 0 Å². The van der Waals surface area contributed by atoms with Crippen LogP contribution in [0.5, 0.6) is 0 Å². The van der Waals surface area contributed by atoms with Gasteiger partial charge in [-0.3, -0.25) is 0 Å². The number of benzene rings is 2. The van der Waals surface area contributed by atoms with Gasteiger partial charge in [0.25, 0.3) is 5.60 Å². The molecule has 0 heterocycles. The highest BCUT2D eigenvalue weighted by molar-refractivity contribution is 5.93. The number of ether oxygens (including phenoxy) is 1. The summed E-state index contributed by atoms with van der Waals surface area (Å²) < 4.78 is 43.7. The highest BCUT2D eigenvalue weighted by Gasteiger charge is 2.62. The van der Waals surface area contributed by atoms with Crippen LogP contribution in [0.3, 0.4) is 0 Å². The molecule has 20 heavy (non-hydrogen) atoms. The molecule has 0 bridgehead atoms. The van der Waals surface area contributed by atoms with E-state index >= 15 is 0 Å². The maximum Gasteiger partial charge on any atom is 0.432 e. The van der Waals surface area contributed by atoms with Crippen molar-refractivity contribution in [3.05, 3.63) is 48.0 Å². The monoisotopic (exact) mass is 284 g/mol. The zero-order valence-electron chi connectivity index (χ0n) is 10.4. The summed E-state index contributed by atoms with van der Waals surface area (Å²) in [6.07, 6.45) is -5.19. The summed E-state index contributed by atoms with van der Waals surface area (Å²) in [5.74, 6) is -1.76. The van der Waals surface area contributed by atoms with E-state index in [-0.39, 0.29) is 5.39 Å². The van der Waals surface area contributed by atoms with Gasteiger partial charge in [-0.2, -0.15) is 13.2 Å². The Balaban J connectivity index is 2.80. The molecule has 2 aromatic rings. The molecule has 106 valence electrons. The maximum absolute atomic E-state index is 13.2. The number of hydrogen-bond donors (Lipinski definition) is 1. The van der Waals surface area contributed by atoms with Gasteiger partial charge in [0.15, 0.2) is 0 Å². The van der Waals surface area contributed by atoms with Crippen LogP contribution < -0.4 is 0 Å². The Morgan fingerprint density at radius 2 is 1.70 bits per heavy atom. The minimum Gasteiger partial charge on any atom is -0.466 e. The van der Waals surface area contributed by atoms with Gasteiger partial charge in [-0.25, -0.2) is 4.79 Å². The molecule has 1 atom stereocenters. The molecule has 1 unspecified atom stereocenters. The van der Waals surface area contributed by atoms with Gasteiger partial charge < -0.3 is 9.84 Å². The molecule has 0 aliphatic carbocycles. The number of esters is 1. The fraction of sp³-hybridized carbons (Fsp3) is 0.214. The van der Waals surface area contributed by atoms with Gasteiger partial charge in [0.2, 0.25) is 0 Å². The van der Waals surface area contributed by atoms with Crippen molar-refractivity contribution in [2.75, 3.05) is 7.11 Å². The number of hydrogen-bond acceptors (Lipinski definition) is 3. The standard InChI is InChI=1S/C14H11F3O3/c1-20-12(18)13(19,14(15,16)17)11-8-4-6-9-5-2-3-7-10(9)11/h2-8,19H,1H3. The number of carbonyl (C=O) groups is 1. The Labute approximate surface area is 112 Å². The van der Waals surface area contributed by atoms with Crippen LogP contribution in [-0.4, -0.2) is 24.4 Å². The molecule has 0 saturated heterocycles. The summed E-state index contributed by atoms with van der Waals surface area (Å²) in [5.41, 5.74) is -4.24. The van der Waals surface area contributed by atoms with Crippen molar-refractivity contribution >= 4 is 16.7 Å². The summed E-state index contributed by atoms with van der Waals surface area (Å²) in [4.78, 5) is 11.5. The van der Waals surface area contributed by atoms with Crippen LogP contribution >= 0.6 is 0 Å². The van der Waals surface area contributed by atoms with E-state index in [4.69, 9.17) is 0 Å². The van der Waals surface area contributed by atoms with E-state index < -0.39 is 23.3 Å². The predicted molar refractivity (Wildman–Crippen MR) is 65.9 cm³/mol. The zero-order chi connectivity index (χ0) is 15.0. The van der Waals surface area contributed by atoms with Crippen LogP contribution in [0.2, 0.25) is 0 Å². The van der Waals surface area contributed by atoms with Gasteiger partial charge in [0.1, 0.15) is 0 Å². The molecule has 6 heteroatoms. The molecular weight excluding hydrogens is 273 g/mol. The lowest BCUT2D eigenvalue weighted by atomic mass is 9.88. The quantitative estimate of drug-likeness (QED) is 0.863. The maximum atomic E-state index is 13.2. The number of rotatable bonds is 2. The summed E-state index contributed by atoms with van der Waals surface area (Å²) in [7, 11) is 0.796. The first-order valence-corrected chi connectivity index (χ1v) is 5.68. The Morgan fingerprint density at radius 3 is 2.30 bits per heavy atom. The van der Waals surface area contributed by atoms with Crippen LogP contribution in [-0.2, 0) is 15.1 Å². The Kier molecular flexibility index (Phi) is 3.43. The van der Waals surface area contributed by atoms with E-state index in [9.17, 15) is 23.1 Å². The number of carbonyl (C=O) groups excluding carboxylic acids is 1. The van der Waals surface area contributed by atoms with Crippen molar-refractivity contribution in [2.24, 2.45) is 0 Å². The third-order valence-corrected chi connectivity index (χ3v) is 3.07. The van der Waals surface area contributed by atoms with Gasteiger partial charge >= 0.3 is 12.1 Å². The summed E-state index contributed by atoms with van der Waals surface area (Å²) in [6, 6.07) is 10.2. The number of methoxy groups -OCH3 is 1. The van der Waals surface area contributed by atoms with Crippen molar-refractivity contribution < 1.29 is 27.8 Å². The molecule has 2 aromatic carbocycles. The lowest BCUT2D eigenvalue weighted by Crippen LogP contribution is -2.50. The Bertz CT molecular complexity index is 646. The van der Waals surface area contributed by atoms with Gasteiger partial charge in [0, 0.05) is 5.56 Å². The molecule has 0 spiro atoms. The molecule has 0 aliphatic rings. The van der Waals surface area contributed by atoms with E-state index in [0.717, 1.165) is 13.2 Å². The number of fused-ring (bicyclic) bond motifs is 1. The van der Waals surface area contributed by atoms with E-state index in [1.54, 1.807) is 18.2 Å². The van der Waals surface area contributed by atoms with E-state index in [1.807, 2.05) is 0 Å². The molecule has 0 aliphatic heterocycles. The molecule has 1 N–H and O–H groups in total. The van der Waals surface area contributed by atoms with E-state index in [0.29, 0.717) is 5.39 Å². The number of halogens is 3. The average molecular weight is 284 g/mol. The minimum absolute atomic E-state index is 0.139. The molecule has 3 nitrogen and oxygen atoms in total. The topological polar surface area (TPSA) is 46.5 Å². The zero-order valence-corrected chi connectivity index (χ0v) is 10.4. The predicted octanol–water partition coefficient (Wildman–Crippen LogP) is 2.76. The number of aliphatic hydroxyl groups is 1. The molecule has 0 fully saturated rings. The van der Waals surface area contributed by atoms with Gasteiger partial charge in [-0.05, 0) is 10.8 Å². The Morgan fingerprint density at radius 1 is 1.10 bits per heavy atom. The Hall–Kier alpha value is -2.08. The lowest BCUT2D eigenvalue weighted by molar-refractivity contribution is -0.266. The number of alkyl halides is 3. The SMILES string of the molecule is COC(=O)C(O)(c1cccc2ccccc12)C(F)(F)F. The normalized spacial score (nSPS) is 14.8. The van der Waals surface area contributed by atoms with Crippen molar-refractivity contribution in [2.45, 2.75) is 11.8 Å². The largest absolute Gasteiger partial charge is 0.466 e. The summed E-state index contributed by atoms with van der Waals surface area (Å²) >= 11 is 0. The van der Waals surface area contributed by atoms with Crippen molar-refractivity contribution in [1.82, 2.24) is 0 Å². The second-order valence-corrected chi connectivity index (χ2v) is 4.23. The summed E-state index contributed by atoms with van der Waals surface area (Å²) in [5, 5.41) is 10.6. The molecule has 2 rings (SSSR count). The first-order chi connectivity index (χ1) is 9.32. The van der Waals surface area contributed by atoms with E-state index in [1.165, 1.54) is 18.2 Å². The van der Waals surface area contributed by atoms with Crippen molar-refractivity contribution in [3.8, 4) is 0 Å². The molecule has 0 aromatic heterocycles. The third kappa shape index (κ3) is 2.02. The lowest BCUT2D eigenvalue weighted by Gasteiger charge is -2.29. The second-order valence-electron chi connectivity index (χ2n) is 4.23. The van der Waals surface area contributed by atoms with Gasteiger partial charge in [0.05, 0.1) is 7.11 Å². The van der Waals surface area contributed by atoms with Crippen LogP contribution in [0.15, 0.2) is 42.5 Å². The smallest absolute Gasteiger partial charge is 0.432 e. The second kappa shape index (κ2) is 4.79. The van der Waals surface area contributed by atoms with Crippen LogP contribution in [0.25, 0.3) is 10.8 Å². The fourth-order valence-corrected chi connectivity index (χ4v) is 2.07. The fourth-order valence-electron chi connectivity index (χ4n) is 2.07.